The molecule has 16 heavy (non-hydrogen) atoms. The lowest BCUT2D eigenvalue weighted by atomic mass is 10.0. The molecule has 0 fully saturated rings. The molecule has 0 radical (unpaired) electrons. The monoisotopic (exact) mass is 226 g/mol. The predicted molar refractivity (Wildman–Crippen MR) is 73.5 cm³/mol. The van der Waals surface area contributed by atoms with Crippen LogP contribution in [0.3, 0.4) is 0 Å². The summed E-state index contributed by atoms with van der Waals surface area (Å²) in [5.74, 6) is 0. The van der Waals surface area contributed by atoms with E-state index in [0.29, 0.717) is 0 Å². The summed E-state index contributed by atoms with van der Waals surface area (Å²) < 4.78 is 2.81. The van der Waals surface area contributed by atoms with Crippen LogP contribution in [0.4, 0.5) is 0 Å². The van der Waals surface area contributed by atoms with Crippen LogP contribution >= 0.6 is 11.3 Å². The fourth-order valence-electron chi connectivity index (χ4n) is 2.25. The van der Waals surface area contributed by atoms with Crippen LogP contribution in [0.25, 0.3) is 20.2 Å². The van der Waals surface area contributed by atoms with Crippen molar-refractivity contribution in [2.45, 2.75) is 20.8 Å². The molecular weight excluding hydrogens is 212 g/mol. The average molecular weight is 226 g/mol. The maximum Gasteiger partial charge on any atom is 0.0358 e. The summed E-state index contributed by atoms with van der Waals surface area (Å²) in [7, 11) is 0. The summed E-state index contributed by atoms with van der Waals surface area (Å²) in [4.78, 5) is 0. The number of fused-ring (bicyclic) bond motifs is 3. The Labute approximate surface area is 99.5 Å². The van der Waals surface area contributed by atoms with Gasteiger partial charge in [-0.3, -0.25) is 0 Å². The van der Waals surface area contributed by atoms with Crippen molar-refractivity contribution in [2.75, 3.05) is 0 Å². The molecule has 0 saturated carbocycles. The lowest BCUT2D eigenvalue weighted by Crippen LogP contribution is -1.80. The van der Waals surface area contributed by atoms with Crippen LogP contribution in [0, 0.1) is 20.8 Å². The van der Waals surface area contributed by atoms with Crippen LogP contribution in [0.2, 0.25) is 0 Å². The number of thiophene rings is 1. The van der Waals surface area contributed by atoms with Crippen LogP contribution in [0.15, 0.2) is 30.3 Å². The molecule has 0 bridgehead atoms. The highest BCUT2D eigenvalue weighted by Crippen LogP contribution is 2.37. The highest BCUT2D eigenvalue weighted by Gasteiger charge is 2.08. The lowest BCUT2D eigenvalue weighted by Gasteiger charge is -2.01. The lowest BCUT2D eigenvalue weighted by molar-refractivity contribution is 1.39. The van der Waals surface area contributed by atoms with Crippen molar-refractivity contribution in [1.82, 2.24) is 0 Å². The Morgan fingerprint density at radius 2 is 1.69 bits per heavy atom. The molecule has 1 heterocycles. The van der Waals surface area contributed by atoms with Crippen molar-refractivity contribution in [3.63, 3.8) is 0 Å². The van der Waals surface area contributed by atoms with Gasteiger partial charge in [-0.2, -0.15) is 0 Å². The molecule has 0 aliphatic heterocycles. The van der Waals surface area contributed by atoms with Crippen molar-refractivity contribution >= 4 is 31.5 Å². The molecule has 3 aromatic rings. The molecule has 0 aliphatic carbocycles. The Morgan fingerprint density at radius 3 is 2.50 bits per heavy atom. The van der Waals surface area contributed by atoms with Gasteiger partial charge in [0.1, 0.15) is 0 Å². The van der Waals surface area contributed by atoms with E-state index in [1.807, 2.05) is 11.3 Å². The van der Waals surface area contributed by atoms with Crippen molar-refractivity contribution in [2.24, 2.45) is 0 Å². The Morgan fingerprint density at radius 1 is 0.875 bits per heavy atom. The normalized spacial score (nSPS) is 11.4. The molecule has 0 nitrogen and oxygen atoms in total. The topological polar surface area (TPSA) is 0 Å². The van der Waals surface area contributed by atoms with Crippen LogP contribution < -0.4 is 0 Å². The quantitative estimate of drug-likeness (QED) is 0.507. The van der Waals surface area contributed by atoms with E-state index in [4.69, 9.17) is 0 Å². The van der Waals surface area contributed by atoms with Gasteiger partial charge < -0.3 is 0 Å². The molecule has 0 amide bonds. The Kier molecular flexibility index (Phi) is 2.05. The fourth-order valence-corrected chi connectivity index (χ4v) is 3.51. The van der Waals surface area contributed by atoms with E-state index in [2.05, 4.69) is 51.1 Å². The first kappa shape index (κ1) is 9.86. The van der Waals surface area contributed by atoms with Crippen LogP contribution in [-0.4, -0.2) is 0 Å². The van der Waals surface area contributed by atoms with Gasteiger partial charge in [0.05, 0.1) is 0 Å². The molecule has 0 spiro atoms. The smallest absolute Gasteiger partial charge is 0.0358 e. The molecule has 1 heteroatoms. The van der Waals surface area contributed by atoms with Crippen LogP contribution in [-0.2, 0) is 0 Å². The summed E-state index contributed by atoms with van der Waals surface area (Å²) in [6, 6.07) is 11.2. The molecule has 0 atom stereocenters. The highest BCUT2D eigenvalue weighted by atomic mass is 32.1. The van der Waals surface area contributed by atoms with Gasteiger partial charge in [0.2, 0.25) is 0 Å². The van der Waals surface area contributed by atoms with Gasteiger partial charge in [0.15, 0.2) is 0 Å². The molecule has 0 aliphatic rings. The third-order valence-corrected chi connectivity index (χ3v) is 4.44. The molecule has 0 saturated heterocycles. The first-order valence-electron chi connectivity index (χ1n) is 5.56. The van der Waals surface area contributed by atoms with E-state index in [0.717, 1.165) is 0 Å². The van der Waals surface area contributed by atoms with Crippen LogP contribution in [0.1, 0.15) is 16.7 Å². The van der Waals surface area contributed by atoms with E-state index >= 15 is 0 Å². The van der Waals surface area contributed by atoms with E-state index < -0.39 is 0 Å². The number of benzene rings is 2. The Bertz CT molecular complexity index is 689. The second kappa shape index (κ2) is 3.33. The van der Waals surface area contributed by atoms with Gasteiger partial charge >= 0.3 is 0 Å². The third kappa shape index (κ3) is 1.28. The third-order valence-electron chi connectivity index (χ3n) is 3.32. The molecule has 80 valence electrons. The molecule has 1 aromatic heterocycles. The van der Waals surface area contributed by atoms with Crippen molar-refractivity contribution in [3.05, 3.63) is 47.0 Å². The minimum absolute atomic E-state index is 1.34. The van der Waals surface area contributed by atoms with Crippen LogP contribution in [0.5, 0.6) is 0 Å². The van der Waals surface area contributed by atoms with E-state index in [1.165, 1.54) is 36.9 Å². The standard InChI is InChI=1S/C15H14S/c1-9-4-6-12-14(8-9)16-13-7-5-10(2)11(3)15(12)13/h4-8H,1-3H3. The average Bonchev–Trinajstić information content (AvgIpc) is 2.61. The Balaban J connectivity index is 2.57. The van der Waals surface area contributed by atoms with Gasteiger partial charge in [-0.15, -0.1) is 11.3 Å². The maximum atomic E-state index is 2.29. The highest BCUT2D eigenvalue weighted by molar-refractivity contribution is 7.25. The number of hydrogen-bond acceptors (Lipinski definition) is 1. The second-order valence-corrected chi connectivity index (χ2v) is 5.57. The molecule has 0 unspecified atom stereocenters. The minimum atomic E-state index is 1.34. The zero-order chi connectivity index (χ0) is 11.3. The van der Waals surface area contributed by atoms with Crippen molar-refractivity contribution in [1.29, 1.82) is 0 Å². The fraction of sp³-hybridized carbons (Fsp3) is 0.200. The zero-order valence-electron chi connectivity index (χ0n) is 9.79. The first-order valence-corrected chi connectivity index (χ1v) is 6.37. The number of aryl methyl sites for hydroxylation is 3. The Hall–Kier alpha value is -1.34. The maximum absolute atomic E-state index is 2.29. The summed E-state index contributed by atoms with van der Waals surface area (Å²) >= 11 is 1.90. The van der Waals surface area contributed by atoms with Gasteiger partial charge in [-0.1, -0.05) is 18.2 Å². The molecular formula is C15H14S. The van der Waals surface area contributed by atoms with Crippen molar-refractivity contribution in [3.8, 4) is 0 Å². The van der Waals surface area contributed by atoms with E-state index in [-0.39, 0.29) is 0 Å². The van der Waals surface area contributed by atoms with Gasteiger partial charge in [-0.05, 0) is 49.6 Å². The van der Waals surface area contributed by atoms with Crippen molar-refractivity contribution < 1.29 is 0 Å². The minimum Gasteiger partial charge on any atom is -0.135 e. The molecule has 3 rings (SSSR count). The van der Waals surface area contributed by atoms with Gasteiger partial charge in [-0.25, -0.2) is 0 Å². The van der Waals surface area contributed by atoms with Gasteiger partial charge in [0.25, 0.3) is 0 Å². The molecule has 2 aromatic carbocycles. The number of rotatable bonds is 0. The summed E-state index contributed by atoms with van der Waals surface area (Å²) in [6.07, 6.45) is 0. The number of hydrogen-bond donors (Lipinski definition) is 0. The largest absolute Gasteiger partial charge is 0.135 e. The summed E-state index contributed by atoms with van der Waals surface area (Å²) in [5, 5.41) is 2.85. The predicted octanol–water partition coefficient (Wildman–Crippen LogP) is 4.98. The zero-order valence-corrected chi connectivity index (χ0v) is 10.6. The van der Waals surface area contributed by atoms with Gasteiger partial charge in [0, 0.05) is 20.2 Å². The summed E-state index contributed by atoms with van der Waals surface area (Å²) in [5.41, 5.74) is 4.15. The molecule has 0 N–H and O–H groups in total. The summed E-state index contributed by atoms with van der Waals surface area (Å²) in [6.45, 7) is 6.57. The second-order valence-electron chi connectivity index (χ2n) is 4.48. The first-order chi connectivity index (χ1) is 7.66. The van der Waals surface area contributed by atoms with E-state index in [1.54, 1.807) is 0 Å². The van der Waals surface area contributed by atoms with E-state index in [9.17, 15) is 0 Å². The SMILES string of the molecule is Cc1ccc2c(c1)sc1ccc(C)c(C)c12.